The van der Waals surface area contributed by atoms with Crippen molar-refractivity contribution in [1.82, 2.24) is 20.0 Å². The molecule has 3 saturated heterocycles. The summed E-state index contributed by atoms with van der Waals surface area (Å²) in [5, 5.41) is 6.52. The first-order valence-electron chi connectivity index (χ1n) is 17.0. The molecule has 0 unspecified atom stereocenters. The Bertz CT molecular complexity index is 1340. The topological polar surface area (TPSA) is 94.2 Å². The van der Waals surface area contributed by atoms with Gasteiger partial charge in [-0.2, -0.15) is 0 Å². The van der Waals surface area contributed by atoms with Crippen LogP contribution in [0.25, 0.3) is 0 Å². The number of benzene rings is 2. The van der Waals surface area contributed by atoms with Crippen molar-refractivity contribution in [2.45, 2.75) is 84.8 Å². The Balaban J connectivity index is 0.00000417. The Morgan fingerprint density at radius 2 is 1.48 bits per heavy atom. The van der Waals surface area contributed by atoms with Crippen LogP contribution in [0.4, 0.5) is 15.3 Å². The van der Waals surface area contributed by atoms with Crippen LogP contribution in [-0.2, 0) is 22.4 Å². The first kappa shape index (κ1) is 33.8. The lowest BCUT2D eigenvalue weighted by Gasteiger charge is -2.39. The van der Waals surface area contributed by atoms with E-state index in [1.54, 1.807) is 4.90 Å². The van der Waals surface area contributed by atoms with E-state index in [-0.39, 0.29) is 25.4 Å². The number of hydrogen-bond donors (Lipinski definition) is 2. The summed E-state index contributed by atoms with van der Waals surface area (Å²) >= 11 is 0. The second kappa shape index (κ2) is 15.3. The summed E-state index contributed by atoms with van der Waals surface area (Å²) in [6, 6.07) is 14.2. The lowest BCUT2D eigenvalue weighted by atomic mass is 9.79. The van der Waals surface area contributed by atoms with E-state index in [0.717, 1.165) is 79.3 Å². The number of piperidine rings is 3. The van der Waals surface area contributed by atoms with Crippen molar-refractivity contribution in [1.29, 1.82) is 0 Å². The highest BCUT2D eigenvalue weighted by atomic mass is 16.6. The highest BCUT2D eigenvalue weighted by molar-refractivity contribution is 5.91. The number of para-hydroxylation sites is 1. The smallest absolute Gasteiger partial charge is 0.410 e. The van der Waals surface area contributed by atoms with Crippen LogP contribution in [0.1, 0.15) is 68.2 Å². The summed E-state index contributed by atoms with van der Waals surface area (Å²) in [7, 11) is 0. The molecule has 0 aromatic heterocycles. The number of carbonyl (C=O) groups is 3. The molecule has 3 fully saturated rings. The third-order valence-corrected chi connectivity index (χ3v) is 10.4. The number of likely N-dealkylation sites (tertiary alicyclic amines) is 2. The zero-order valence-electron chi connectivity index (χ0n) is 26.9. The largest absolute Gasteiger partial charge is 0.436 e. The van der Waals surface area contributed by atoms with Gasteiger partial charge in [-0.25, -0.2) is 9.59 Å². The molecule has 4 aliphatic rings. The lowest BCUT2D eigenvalue weighted by molar-refractivity contribution is -0.142. The van der Waals surface area contributed by atoms with Crippen molar-refractivity contribution >= 4 is 23.7 Å². The Hall–Kier alpha value is -3.59. The van der Waals surface area contributed by atoms with Gasteiger partial charge in [0.05, 0.1) is 0 Å². The van der Waals surface area contributed by atoms with Crippen molar-refractivity contribution < 1.29 is 19.1 Å². The van der Waals surface area contributed by atoms with E-state index < -0.39 is 12.2 Å². The van der Waals surface area contributed by atoms with Gasteiger partial charge in [0.2, 0.25) is 0 Å². The van der Waals surface area contributed by atoms with Crippen LogP contribution in [0.3, 0.4) is 0 Å². The number of nitrogens with zero attached hydrogens (tertiary/aromatic N) is 3. The van der Waals surface area contributed by atoms with E-state index in [1.165, 1.54) is 12.8 Å². The fourth-order valence-electron chi connectivity index (χ4n) is 7.99. The molecule has 9 heteroatoms. The number of ether oxygens (including phenoxy) is 1. The molecule has 0 spiro atoms. The van der Waals surface area contributed by atoms with Crippen molar-refractivity contribution in [3.8, 4) is 0 Å². The summed E-state index contributed by atoms with van der Waals surface area (Å²) in [6.45, 7) is 9.37. The monoisotopic (exact) mass is 631 g/mol. The van der Waals surface area contributed by atoms with Gasteiger partial charge in [0.1, 0.15) is 0 Å². The molecule has 0 radical (unpaired) electrons. The summed E-state index contributed by atoms with van der Waals surface area (Å²) in [6.07, 6.45) is 5.71. The van der Waals surface area contributed by atoms with Gasteiger partial charge in [0.15, 0.2) is 6.10 Å². The fraction of sp³-hybridized carbons (Fsp3) is 0.595. The SMILES string of the molecule is C.Cc1cc(C)cc(C[C@@H](OC(=O)N2CCC(N3CCc4ccccc4NC3=O)CC2)C(=O)N2CCC(C3CCNCC3)CC2)c1. The van der Waals surface area contributed by atoms with Crippen LogP contribution < -0.4 is 10.6 Å². The van der Waals surface area contributed by atoms with E-state index in [0.29, 0.717) is 44.8 Å². The molecule has 46 heavy (non-hydrogen) atoms. The molecule has 2 N–H and O–H groups in total. The number of urea groups is 1. The second-order valence-corrected chi connectivity index (χ2v) is 13.6. The molecular weight excluding hydrogens is 578 g/mol. The number of aryl methyl sites for hydroxylation is 2. The number of rotatable bonds is 6. The van der Waals surface area contributed by atoms with Gasteiger partial charge in [-0.15, -0.1) is 0 Å². The molecule has 0 aliphatic carbocycles. The summed E-state index contributed by atoms with van der Waals surface area (Å²) < 4.78 is 6.09. The fourth-order valence-corrected chi connectivity index (χ4v) is 7.99. The molecule has 4 amide bonds. The maximum Gasteiger partial charge on any atom is 0.410 e. The van der Waals surface area contributed by atoms with Gasteiger partial charge in [0.25, 0.3) is 5.91 Å². The van der Waals surface area contributed by atoms with E-state index in [4.69, 9.17) is 4.74 Å². The molecule has 2 aromatic carbocycles. The first-order chi connectivity index (χ1) is 21.8. The van der Waals surface area contributed by atoms with Crippen LogP contribution >= 0.6 is 0 Å². The highest BCUT2D eigenvalue weighted by Gasteiger charge is 2.36. The maximum absolute atomic E-state index is 14.0. The molecule has 0 bridgehead atoms. The quantitative estimate of drug-likeness (QED) is 0.422. The van der Waals surface area contributed by atoms with Crippen LogP contribution in [0, 0.1) is 25.7 Å². The average molecular weight is 632 g/mol. The molecule has 4 heterocycles. The first-order valence-corrected chi connectivity index (χ1v) is 17.0. The molecule has 2 aromatic rings. The summed E-state index contributed by atoms with van der Waals surface area (Å²) in [4.78, 5) is 46.2. The van der Waals surface area contributed by atoms with Gasteiger partial charge >= 0.3 is 12.1 Å². The predicted octanol–water partition coefficient (Wildman–Crippen LogP) is 5.78. The van der Waals surface area contributed by atoms with Crippen molar-refractivity contribution in [3.63, 3.8) is 0 Å². The van der Waals surface area contributed by atoms with Gasteiger partial charge in [-0.05, 0) is 101 Å². The number of amides is 4. The molecule has 1 atom stereocenters. The Morgan fingerprint density at radius 1 is 0.848 bits per heavy atom. The van der Waals surface area contributed by atoms with Gasteiger partial charge in [0, 0.05) is 50.9 Å². The average Bonchev–Trinajstić information content (AvgIpc) is 3.22. The van der Waals surface area contributed by atoms with Crippen molar-refractivity contribution in [2.75, 3.05) is 51.1 Å². The number of hydrogen-bond acceptors (Lipinski definition) is 5. The van der Waals surface area contributed by atoms with E-state index in [2.05, 4.69) is 48.7 Å². The molecule has 250 valence electrons. The minimum absolute atomic E-state index is 0. The molecule has 4 aliphatic heterocycles. The van der Waals surface area contributed by atoms with E-state index in [9.17, 15) is 14.4 Å². The Morgan fingerprint density at radius 3 is 2.17 bits per heavy atom. The van der Waals surface area contributed by atoms with Crippen LogP contribution in [0.15, 0.2) is 42.5 Å². The molecule has 6 rings (SSSR count). The van der Waals surface area contributed by atoms with Gasteiger partial charge in [-0.3, -0.25) is 4.79 Å². The lowest BCUT2D eigenvalue weighted by Crippen LogP contribution is -2.52. The van der Waals surface area contributed by atoms with E-state index in [1.807, 2.05) is 28.0 Å². The molecule has 9 nitrogen and oxygen atoms in total. The van der Waals surface area contributed by atoms with Crippen LogP contribution in [0.2, 0.25) is 0 Å². The highest BCUT2D eigenvalue weighted by Crippen LogP contribution is 2.31. The standard InChI is InChI=1S/C36H49N5O4.CH4/c1-25-21-26(2)23-27(22-25)24-33(34(42)39-16-9-29(10-17-39)28-7-14-37-15-8-28)45-36(44)40-18-12-31(13-19-40)41-20-11-30-5-3-4-6-32(30)38-35(41)43;/h3-6,21-23,28-29,31,33,37H,7-20,24H2,1-2H3,(H,38,43);1H4/t33-;/m1./s1. The Kier molecular flexibility index (Phi) is 11.3. The third-order valence-electron chi connectivity index (χ3n) is 10.4. The summed E-state index contributed by atoms with van der Waals surface area (Å²) in [5.74, 6) is 1.33. The predicted molar refractivity (Wildman–Crippen MR) is 182 cm³/mol. The number of carbonyl (C=O) groups excluding carboxylic acids is 3. The van der Waals surface area contributed by atoms with Crippen molar-refractivity contribution in [2.24, 2.45) is 11.8 Å². The number of nitrogens with one attached hydrogen (secondary N) is 2. The number of anilines is 1. The zero-order chi connectivity index (χ0) is 31.3. The minimum Gasteiger partial charge on any atom is -0.436 e. The van der Waals surface area contributed by atoms with Crippen molar-refractivity contribution in [3.05, 3.63) is 64.7 Å². The van der Waals surface area contributed by atoms with Gasteiger partial charge < -0.3 is 30.1 Å². The zero-order valence-corrected chi connectivity index (χ0v) is 26.9. The van der Waals surface area contributed by atoms with Crippen LogP contribution in [0.5, 0.6) is 0 Å². The normalized spacial score (nSPS) is 20.7. The second-order valence-electron chi connectivity index (χ2n) is 13.6. The third kappa shape index (κ3) is 8.03. The minimum atomic E-state index is -0.859. The Labute approximate surface area is 275 Å². The molecular formula is C37H53N5O4. The van der Waals surface area contributed by atoms with Crippen LogP contribution in [-0.4, -0.2) is 90.7 Å². The maximum atomic E-state index is 14.0. The summed E-state index contributed by atoms with van der Waals surface area (Å²) in [5.41, 5.74) is 5.29. The van der Waals surface area contributed by atoms with Gasteiger partial charge in [-0.1, -0.05) is 55.0 Å². The molecule has 0 saturated carbocycles. The van der Waals surface area contributed by atoms with E-state index >= 15 is 0 Å². The number of fused-ring (bicyclic) bond motifs is 1.